The van der Waals surface area contributed by atoms with Gasteiger partial charge in [-0.15, -0.1) is 0 Å². The molecule has 6 heteroatoms. The van der Waals surface area contributed by atoms with Crippen LogP contribution in [0.3, 0.4) is 0 Å². The van der Waals surface area contributed by atoms with Gasteiger partial charge < -0.3 is 0 Å². The van der Waals surface area contributed by atoms with Gasteiger partial charge in [0.1, 0.15) is 0 Å². The molecule has 0 aliphatic carbocycles. The van der Waals surface area contributed by atoms with Crippen molar-refractivity contribution in [3.63, 3.8) is 0 Å². The summed E-state index contributed by atoms with van der Waals surface area (Å²) in [7, 11) is 0. The standard InChI is InChI=1S/C7H9F6/c1-2-6(9,10)4-3-5(8)7(11,12)13/h5H,1-4H2/t5-/m0/s1. The van der Waals surface area contributed by atoms with Crippen LogP contribution in [0.1, 0.15) is 19.3 Å². The van der Waals surface area contributed by atoms with E-state index in [9.17, 15) is 26.3 Å². The van der Waals surface area contributed by atoms with Crippen molar-refractivity contribution in [3.05, 3.63) is 6.92 Å². The topological polar surface area (TPSA) is 0 Å². The number of rotatable bonds is 4. The summed E-state index contributed by atoms with van der Waals surface area (Å²) in [4.78, 5) is 0. The Morgan fingerprint density at radius 1 is 1.08 bits per heavy atom. The molecule has 0 N–H and O–H groups in total. The SMILES string of the molecule is [CH2]CC(F)(F)CC[C@H](F)C(F)(F)F. The van der Waals surface area contributed by atoms with E-state index in [-0.39, 0.29) is 0 Å². The maximum absolute atomic E-state index is 12.3. The molecule has 0 heterocycles. The highest BCUT2D eigenvalue weighted by Gasteiger charge is 2.41. The van der Waals surface area contributed by atoms with Crippen molar-refractivity contribution >= 4 is 0 Å². The molecule has 0 rings (SSSR count). The van der Waals surface area contributed by atoms with Crippen LogP contribution in [0.15, 0.2) is 0 Å². The van der Waals surface area contributed by atoms with E-state index in [4.69, 9.17) is 0 Å². The minimum Gasteiger partial charge on any atom is -0.237 e. The molecule has 0 aromatic rings. The number of hydrogen-bond acceptors (Lipinski definition) is 0. The Bertz CT molecular complexity index is 150. The molecule has 1 atom stereocenters. The third-order valence-corrected chi connectivity index (χ3v) is 1.48. The maximum atomic E-state index is 12.3. The summed E-state index contributed by atoms with van der Waals surface area (Å²) in [5, 5.41) is 0. The summed E-state index contributed by atoms with van der Waals surface area (Å²) in [6.07, 6.45) is -11.4. The molecule has 0 amide bonds. The van der Waals surface area contributed by atoms with Crippen molar-refractivity contribution in [1.29, 1.82) is 0 Å². The van der Waals surface area contributed by atoms with Crippen LogP contribution in [0.2, 0.25) is 0 Å². The van der Waals surface area contributed by atoms with Gasteiger partial charge in [-0.25, -0.2) is 13.2 Å². The lowest BCUT2D eigenvalue weighted by molar-refractivity contribution is -0.185. The van der Waals surface area contributed by atoms with E-state index in [0.29, 0.717) is 0 Å². The number of alkyl halides is 6. The van der Waals surface area contributed by atoms with Gasteiger partial charge in [0.05, 0.1) is 0 Å². The molecule has 79 valence electrons. The Labute approximate surface area is 71.9 Å². The Balaban J connectivity index is 3.90. The Morgan fingerprint density at radius 3 is 1.85 bits per heavy atom. The van der Waals surface area contributed by atoms with Gasteiger partial charge in [-0.3, -0.25) is 0 Å². The first-order valence-corrected chi connectivity index (χ1v) is 3.57. The summed E-state index contributed by atoms with van der Waals surface area (Å²) in [5.74, 6) is -3.31. The molecule has 0 saturated carbocycles. The van der Waals surface area contributed by atoms with Crippen molar-refractivity contribution in [2.45, 2.75) is 37.5 Å². The van der Waals surface area contributed by atoms with Gasteiger partial charge in [-0.05, 0) is 13.3 Å². The van der Waals surface area contributed by atoms with E-state index in [1.165, 1.54) is 0 Å². The second kappa shape index (κ2) is 4.19. The van der Waals surface area contributed by atoms with Crippen molar-refractivity contribution in [3.8, 4) is 0 Å². The first kappa shape index (κ1) is 12.6. The van der Waals surface area contributed by atoms with Crippen molar-refractivity contribution in [1.82, 2.24) is 0 Å². The molecule has 0 unspecified atom stereocenters. The molecular weight excluding hydrogens is 198 g/mol. The number of halogens is 6. The molecule has 0 aromatic heterocycles. The Hall–Kier alpha value is -0.420. The van der Waals surface area contributed by atoms with E-state index >= 15 is 0 Å². The second-order valence-electron chi connectivity index (χ2n) is 2.65. The maximum Gasteiger partial charge on any atom is 0.419 e. The van der Waals surface area contributed by atoms with Gasteiger partial charge >= 0.3 is 6.18 Å². The lowest BCUT2D eigenvalue weighted by Crippen LogP contribution is -2.27. The van der Waals surface area contributed by atoms with E-state index < -0.39 is 37.5 Å². The normalized spacial score (nSPS) is 15.9. The monoisotopic (exact) mass is 207 g/mol. The molecule has 0 fully saturated rings. The first-order valence-electron chi connectivity index (χ1n) is 3.57. The van der Waals surface area contributed by atoms with Crippen LogP contribution in [-0.4, -0.2) is 18.3 Å². The fourth-order valence-corrected chi connectivity index (χ4v) is 0.627. The predicted molar refractivity (Wildman–Crippen MR) is 35.1 cm³/mol. The fraction of sp³-hybridized carbons (Fsp3) is 0.857. The highest BCUT2D eigenvalue weighted by atomic mass is 19.4. The van der Waals surface area contributed by atoms with Crippen molar-refractivity contribution < 1.29 is 26.3 Å². The van der Waals surface area contributed by atoms with E-state index in [1.54, 1.807) is 0 Å². The van der Waals surface area contributed by atoms with Gasteiger partial charge in [-0.2, -0.15) is 13.2 Å². The van der Waals surface area contributed by atoms with Gasteiger partial charge in [-0.1, -0.05) is 0 Å². The van der Waals surface area contributed by atoms with Crippen LogP contribution >= 0.6 is 0 Å². The summed E-state index contributed by atoms with van der Waals surface area (Å²) >= 11 is 0. The van der Waals surface area contributed by atoms with Crippen molar-refractivity contribution in [2.24, 2.45) is 0 Å². The highest BCUT2D eigenvalue weighted by Crippen LogP contribution is 2.31. The molecule has 0 bridgehead atoms. The minimum atomic E-state index is -5.04. The molecule has 0 spiro atoms. The zero-order valence-corrected chi connectivity index (χ0v) is 6.67. The summed E-state index contributed by atoms with van der Waals surface area (Å²) in [6.45, 7) is 2.84. The van der Waals surface area contributed by atoms with Gasteiger partial charge in [0, 0.05) is 12.8 Å². The molecule has 0 aromatic carbocycles. The van der Waals surface area contributed by atoms with Crippen LogP contribution in [0.4, 0.5) is 26.3 Å². The second-order valence-corrected chi connectivity index (χ2v) is 2.65. The summed E-state index contributed by atoms with van der Waals surface area (Å²) < 4.78 is 71.2. The average molecular weight is 207 g/mol. The lowest BCUT2D eigenvalue weighted by atomic mass is 10.1. The minimum absolute atomic E-state index is 0.822. The van der Waals surface area contributed by atoms with Crippen LogP contribution < -0.4 is 0 Å². The van der Waals surface area contributed by atoms with E-state index in [2.05, 4.69) is 6.92 Å². The molecular formula is C7H9F6. The van der Waals surface area contributed by atoms with Gasteiger partial charge in [0.2, 0.25) is 5.92 Å². The quantitative estimate of drug-likeness (QED) is 0.618. The Morgan fingerprint density at radius 2 is 1.54 bits per heavy atom. The summed E-state index contributed by atoms with van der Waals surface area (Å²) in [5.41, 5.74) is 0. The van der Waals surface area contributed by atoms with Gasteiger partial charge in [0.25, 0.3) is 0 Å². The van der Waals surface area contributed by atoms with Crippen LogP contribution in [0.25, 0.3) is 0 Å². The smallest absolute Gasteiger partial charge is 0.237 e. The van der Waals surface area contributed by atoms with Crippen LogP contribution in [0, 0.1) is 6.92 Å². The molecule has 0 nitrogen and oxygen atoms in total. The highest BCUT2D eigenvalue weighted by molar-refractivity contribution is 4.73. The number of hydrogen-bond donors (Lipinski definition) is 0. The molecule has 0 aliphatic rings. The van der Waals surface area contributed by atoms with Crippen molar-refractivity contribution in [2.75, 3.05) is 0 Å². The first-order chi connectivity index (χ1) is 5.69. The molecule has 13 heavy (non-hydrogen) atoms. The lowest BCUT2D eigenvalue weighted by Gasteiger charge is -2.16. The fourth-order valence-electron chi connectivity index (χ4n) is 0.627. The molecule has 1 radical (unpaired) electrons. The third-order valence-electron chi connectivity index (χ3n) is 1.48. The van der Waals surface area contributed by atoms with Crippen LogP contribution in [-0.2, 0) is 0 Å². The largest absolute Gasteiger partial charge is 0.419 e. The predicted octanol–water partition coefficient (Wildman–Crippen LogP) is 3.53. The van der Waals surface area contributed by atoms with E-state index in [1.807, 2.05) is 0 Å². The average Bonchev–Trinajstić information content (AvgIpc) is 1.98. The van der Waals surface area contributed by atoms with Crippen LogP contribution in [0.5, 0.6) is 0 Å². The Kier molecular flexibility index (Phi) is 4.06. The van der Waals surface area contributed by atoms with Gasteiger partial charge in [0.15, 0.2) is 6.17 Å². The zero-order chi connectivity index (χ0) is 10.7. The zero-order valence-electron chi connectivity index (χ0n) is 6.67. The van der Waals surface area contributed by atoms with E-state index in [0.717, 1.165) is 0 Å². The third kappa shape index (κ3) is 5.00. The summed E-state index contributed by atoms with van der Waals surface area (Å²) in [6, 6.07) is 0. The molecule has 0 saturated heterocycles. The molecule has 0 aliphatic heterocycles.